The number of amides is 2. The van der Waals surface area contributed by atoms with Gasteiger partial charge in [0.2, 0.25) is 12.8 Å². The predicted octanol–water partition coefficient (Wildman–Crippen LogP) is 3.40. The van der Waals surface area contributed by atoms with Crippen LogP contribution >= 0.6 is 12.4 Å². The molecule has 234 valence electrons. The lowest BCUT2D eigenvalue weighted by Crippen LogP contribution is -2.39. The molecule has 0 saturated carbocycles. The zero-order valence-corrected chi connectivity index (χ0v) is 25.7. The lowest BCUT2D eigenvalue weighted by Gasteiger charge is -2.37. The van der Waals surface area contributed by atoms with Gasteiger partial charge in [-0.2, -0.15) is 0 Å². The van der Waals surface area contributed by atoms with E-state index in [4.69, 9.17) is 9.47 Å². The topological polar surface area (TPSA) is 158 Å². The fourth-order valence-corrected chi connectivity index (χ4v) is 5.69. The van der Waals surface area contributed by atoms with Gasteiger partial charge in [-0.15, -0.1) is 12.4 Å². The molecule has 2 aromatic rings. The molecule has 12 nitrogen and oxygen atoms in total. The zero-order chi connectivity index (χ0) is 29.5. The number of nitro benzene ring substituents is 1. The van der Waals surface area contributed by atoms with E-state index in [1.165, 1.54) is 23.3 Å². The van der Waals surface area contributed by atoms with Crippen molar-refractivity contribution in [2.45, 2.75) is 45.6 Å². The zero-order valence-electron chi connectivity index (χ0n) is 24.8. The number of methoxy groups -OCH3 is 2. The molecule has 0 radical (unpaired) electrons. The molecule has 4 rings (SSSR count). The van der Waals surface area contributed by atoms with Crippen LogP contribution in [0.3, 0.4) is 0 Å². The van der Waals surface area contributed by atoms with E-state index in [-0.39, 0.29) is 23.6 Å². The van der Waals surface area contributed by atoms with Crippen molar-refractivity contribution in [3.8, 4) is 11.5 Å². The Morgan fingerprint density at radius 1 is 1.14 bits per heavy atom. The summed E-state index contributed by atoms with van der Waals surface area (Å²) in [6.45, 7) is 6.79. The lowest BCUT2D eigenvalue weighted by atomic mass is 9.86. The Balaban J connectivity index is 0.00000323. The van der Waals surface area contributed by atoms with Crippen LogP contribution in [0.2, 0.25) is 0 Å². The second-order valence-corrected chi connectivity index (χ2v) is 10.1. The van der Waals surface area contributed by atoms with Gasteiger partial charge in [-0.1, -0.05) is 19.1 Å². The van der Waals surface area contributed by atoms with E-state index >= 15 is 0 Å². The van der Waals surface area contributed by atoms with Crippen molar-refractivity contribution in [2.75, 3.05) is 33.9 Å². The maximum Gasteiger partial charge on any atom is 0.269 e. The summed E-state index contributed by atoms with van der Waals surface area (Å²) in [5.74, 6) is 0.967. The Morgan fingerprint density at radius 3 is 2.35 bits per heavy atom. The van der Waals surface area contributed by atoms with Crippen molar-refractivity contribution >= 4 is 30.9 Å². The third kappa shape index (κ3) is 7.64. The minimum atomic E-state index is -0.480. The Kier molecular flexibility index (Phi) is 13.0. The van der Waals surface area contributed by atoms with Crippen LogP contribution in [-0.2, 0) is 22.6 Å². The minimum Gasteiger partial charge on any atom is -0.493 e. The second kappa shape index (κ2) is 15.9. The molecule has 0 fully saturated rings. The molecule has 2 amide bonds. The van der Waals surface area contributed by atoms with Crippen LogP contribution in [0.1, 0.15) is 49.3 Å². The SMILES string of the molecule is CCC1=C(N(C=O)CCCN2CCc3cc(OC)c(OC)cc3C2)C(c2ccc([N+](=O)[O-])cc2)C(NC=O)=C(C)N1.Cl.O. The van der Waals surface area contributed by atoms with Crippen LogP contribution in [0.15, 0.2) is 59.2 Å². The van der Waals surface area contributed by atoms with Crippen molar-refractivity contribution in [3.63, 3.8) is 0 Å². The average molecular weight is 618 g/mol. The largest absolute Gasteiger partial charge is 0.493 e. The first-order valence-electron chi connectivity index (χ1n) is 13.7. The van der Waals surface area contributed by atoms with Gasteiger partial charge in [-0.3, -0.25) is 24.6 Å². The summed E-state index contributed by atoms with van der Waals surface area (Å²) in [6, 6.07) is 10.3. The Labute approximate surface area is 257 Å². The van der Waals surface area contributed by atoms with E-state index in [2.05, 4.69) is 15.5 Å². The number of non-ortho nitro benzene ring substituents is 1. The fraction of sp³-hybridized carbons (Fsp3) is 0.400. The van der Waals surface area contributed by atoms with Gasteiger partial charge in [0.25, 0.3) is 5.69 Å². The van der Waals surface area contributed by atoms with Crippen molar-refractivity contribution in [2.24, 2.45) is 0 Å². The number of halogens is 1. The van der Waals surface area contributed by atoms with E-state index in [1.807, 2.05) is 26.0 Å². The number of hydrogen-bond donors (Lipinski definition) is 2. The molecule has 4 N–H and O–H groups in total. The number of nitro groups is 1. The number of hydrogen-bond acceptors (Lipinski definition) is 8. The highest BCUT2D eigenvalue weighted by Gasteiger charge is 2.33. The maximum atomic E-state index is 12.5. The summed E-state index contributed by atoms with van der Waals surface area (Å²) in [7, 11) is 3.27. The average Bonchev–Trinajstić information content (AvgIpc) is 2.99. The number of dihydropyridines is 1. The standard InChI is InChI=1S/C30H37N5O6.ClH.H2O/c1-5-25-30(28(29(31-18-36)20(2)32-25)21-7-9-24(10-8-21)35(38)39)34(19-37)13-6-12-33-14-11-22-15-26(40-3)27(41-4)16-23(22)17-33;;/h7-10,15-16,18-19,28,32H,5-6,11-14,17H2,1-4H3,(H,31,36);1H;1H2. The number of nitrogens with one attached hydrogen (secondary N) is 2. The third-order valence-corrected chi connectivity index (χ3v) is 7.73. The molecular formula is C30H40ClN5O7. The molecule has 0 spiro atoms. The van der Waals surface area contributed by atoms with Crippen LogP contribution in [-0.4, -0.2) is 66.9 Å². The summed E-state index contributed by atoms with van der Waals surface area (Å²) in [5.41, 5.74) is 6.12. The monoisotopic (exact) mass is 617 g/mol. The molecule has 0 aromatic heterocycles. The summed E-state index contributed by atoms with van der Waals surface area (Å²) in [6.07, 6.45) is 3.69. The summed E-state index contributed by atoms with van der Waals surface area (Å²) in [4.78, 5) is 39.0. The first-order chi connectivity index (χ1) is 19.8. The highest BCUT2D eigenvalue weighted by Crippen LogP contribution is 2.39. The van der Waals surface area contributed by atoms with Gasteiger partial charge in [0.1, 0.15) is 0 Å². The molecule has 2 heterocycles. The number of benzene rings is 2. The van der Waals surface area contributed by atoms with Crippen LogP contribution in [0.4, 0.5) is 5.69 Å². The van der Waals surface area contributed by atoms with E-state index < -0.39 is 10.8 Å². The van der Waals surface area contributed by atoms with Crippen molar-refractivity contribution in [1.82, 2.24) is 20.4 Å². The quantitative estimate of drug-likeness (QED) is 0.197. The number of allylic oxidation sites excluding steroid dienone is 2. The molecule has 1 atom stereocenters. The van der Waals surface area contributed by atoms with Gasteiger partial charge >= 0.3 is 0 Å². The minimum absolute atomic E-state index is 0. The number of carbonyl (C=O) groups excluding carboxylic acids is 2. The van der Waals surface area contributed by atoms with Gasteiger partial charge < -0.3 is 30.5 Å². The Bertz CT molecular complexity index is 1360. The highest BCUT2D eigenvalue weighted by atomic mass is 35.5. The Morgan fingerprint density at radius 2 is 1.79 bits per heavy atom. The van der Waals surface area contributed by atoms with Gasteiger partial charge in [-0.25, -0.2) is 0 Å². The second-order valence-electron chi connectivity index (χ2n) is 10.1. The van der Waals surface area contributed by atoms with Gasteiger partial charge in [-0.05, 0) is 55.0 Å². The van der Waals surface area contributed by atoms with Gasteiger partial charge in [0, 0.05) is 49.7 Å². The summed E-state index contributed by atoms with van der Waals surface area (Å²) < 4.78 is 10.9. The molecular weight excluding hydrogens is 578 g/mol. The molecule has 1 unspecified atom stereocenters. The number of nitrogens with zero attached hydrogens (tertiary/aromatic N) is 3. The van der Waals surface area contributed by atoms with Gasteiger partial charge in [0.15, 0.2) is 11.5 Å². The van der Waals surface area contributed by atoms with Crippen molar-refractivity contribution in [1.29, 1.82) is 0 Å². The van der Waals surface area contributed by atoms with E-state index in [0.717, 1.165) is 67.3 Å². The smallest absolute Gasteiger partial charge is 0.269 e. The summed E-state index contributed by atoms with van der Waals surface area (Å²) in [5, 5.41) is 17.4. The third-order valence-electron chi connectivity index (χ3n) is 7.73. The highest BCUT2D eigenvalue weighted by molar-refractivity contribution is 5.85. The fourth-order valence-electron chi connectivity index (χ4n) is 5.69. The number of rotatable bonds is 13. The van der Waals surface area contributed by atoms with E-state index in [9.17, 15) is 19.7 Å². The van der Waals surface area contributed by atoms with Crippen LogP contribution in [0, 0.1) is 10.1 Å². The number of carbonyl (C=O) groups is 2. The van der Waals surface area contributed by atoms with Crippen molar-refractivity contribution in [3.05, 3.63) is 86.0 Å². The first kappa shape index (κ1) is 35.1. The van der Waals surface area contributed by atoms with E-state index in [1.54, 1.807) is 31.3 Å². The molecule has 2 aromatic carbocycles. The lowest BCUT2D eigenvalue weighted by molar-refractivity contribution is -0.384. The van der Waals surface area contributed by atoms with Crippen molar-refractivity contribution < 1.29 is 29.5 Å². The van der Waals surface area contributed by atoms with E-state index in [0.29, 0.717) is 30.8 Å². The molecule has 0 bridgehead atoms. The van der Waals surface area contributed by atoms with Crippen LogP contribution in [0.25, 0.3) is 0 Å². The summed E-state index contributed by atoms with van der Waals surface area (Å²) >= 11 is 0. The first-order valence-corrected chi connectivity index (χ1v) is 13.7. The normalized spacial score (nSPS) is 16.1. The number of ether oxygens (including phenoxy) is 2. The molecule has 0 saturated heterocycles. The maximum absolute atomic E-state index is 12.5. The van der Waals surface area contributed by atoms with Gasteiger partial charge in [0.05, 0.1) is 36.5 Å². The predicted molar refractivity (Wildman–Crippen MR) is 165 cm³/mol. The molecule has 2 aliphatic heterocycles. The number of fused-ring (bicyclic) bond motifs is 1. The van der Waals surface area contributed by atoms with Crippen LogP contribution in [0.5, 0.6) is 11.5 Å². The Hall–Kier alpha value is -4.13. The molecule has 43 heavy (non-hydrogen) atoms. The molecule has 13 heteroatoms. The van der Waals surface area contributed by atoms with Crippen LogP contribution < -0.4 is 20.1 Å². The molecule has 0 aliphatic carbocycles. The molecule has 2 aliphatic rings.